The predicted octanol–water partition coefficient (Wildman–Crippen LogP) is 3.27. The number of carbonyl (C=O) groups is 1. The zero-order valence-corrected chi connectivity index (χ0v) is 16.4. The highest BCUT2D eigenvalue weighted by Gasteiger charge is 2.34. The van der Waals surface area contributed by atoms with E-state index < -0.39 is 12.2 Å². The first-order valence-corrected chi connectivity index (χ1v) is 9.61. The number of rotatable bonds is 3. The van der Waals surface area contributed by atoms with E-state index in [-0.39, 0.29) is 5.91 Å². The van der Waals surface area contributed by atoms with Crippen LogP contribution in [0.5, 0.6) is 11.5 Å². The molecule has 0 saturated heterocycles. The average Bonchev–Trinajstić information content (AvgIpc) is 3.13. The lowest BCUT2D eigenvalue weighted by Crippen LogP contribution is -2.46. The molecule has 1 N–H and O–H groups in total. The fourth-order valence-electron chi connectivity index (χ4n) is 3.43. The summed E-state index contributed by atoms with van der Waals surface area (Å²) in [5.41, 5.74) is 2.95. The quantitative estimate of drug-likeness (QED) is 0.567. The van der Waals surface area contributed by atoms with Gasteiger partial charge in [-0.05, 0) is 50.2 Å². The van der Waals surface area contributed by atoms with Crippen molar-refractivity contribution in [2.45, 2.75) is 26.1 Å². The van der Waals surface area contributed by atoms with Crippen LogP contribution in [0.1, 0.15) is 12.7 Å². The second-order valence-electron chi connectivity index (χ2n) is 7.11. The Morgan fingerprint density at radius 3 is 2.63 bits per heavy atom. The maximum Gasteiger partial charge on any atom is 0.269 e. The van der Waals surface area contributed by atoms with Crippen LogP contribution in [0, 0.1) is 6.92 Å². The van der Waals surface area contributed by atoms with Crippen molar-refractivity contribution in [1.29, 1.82) is 0 Å². The first-order chi connectivity index (χ1) is 14.6. The number of amides is 1. The van der Waals surface area contributed by atoms with Crippen molar-refractivity contribution >= 4 is 17.2 Å². The number of aryl methyl sites for hydroxylation is 1. The fourth-order valence-corrected chi connectivity index (χ4v) is 3.43. The Kier molecular flexibility index (Phi) is 4.31. The molecule has 0 fully saturated rings. The van der Waals surface area contributed by atoms with Crippen LogP contribution in [0.2, 0.25) is 0 Å². The summed E-state index contributed by atoms with van der Waals surface area (Å²) in [7, 11) is 0. The van der Waals surface area contributed by atoms with Gasteiger partial charge in [-0.1, -0.05) is 24.3 Å². The summed E-state index contributed by atoms with van der Waals surface area (Å²) in [5.74, 6) is 1.64. The normalized spacial score (nSPS) is 17.7. The van der Waals surface area contributed by atoms with Gasteiger partial charge in [-0.25, -0.2) is 0 Å². The van der Waals surface area contributed by atoms with Crippen LogP contribution in [-0.4, -0.2) is 37.9 Å². The Balaban J connectivity index is 1.38. The Morgan fingerprint density at radius 1 is 1.00 bits per heavy atom. The SMILES string of the molecule is Cc1nnc2ccc(-c3cccc(NC(=O)C4Oc5ccccc5OC4C)c3)nn12. The number of hydrogen-bond acceptors (Lipinski definition) is 6. The van der Waals surface area contributed by atoms with E-state index in [9.17, 15) is 4.79 Å². The molecule has 3 heterocycles. The highest BCUT2D eigenvalue weighted by Crippen LogP contribution is 2.33. The summed E-state index contributed by atoms with van der Waals surface area (Å²) in [4.78, 5) is 12.9. The first kappa shape index (κ1) is 18.1. The maximum atomic E-state index is 12.9. The highest BCUT2D eigenvalue weighted by molar-refractivity contribution is 5.95. The maximum absolute atomic E-state index is 12.9. The largest absolute Gasteiger partial charge is 0.482 e. The molecule has 0 bridgehead atoms. The lowest BCUT2D eigenvalue weighted by molar-refractivity contribution is -0.128. The summed E-state index contributed by atoms with van der Waals surface area (Å²) in [6.07, 6.45) is -1.17. The minimum Gasteiger partial charge on any atom is -0.482 e. The molecule has 1 aliphatic rings. The Hall–Kier alpha value is -3.94. The van der Waals surface area contributed by atoms with Gasteiger partial charge in [-0.3, -0.25) is 4.79 Å². The third kappa shape index (κ3) is 3.22. The fraction of sp³-hybridized carbons (Fsp3) is 0.182. The summed E-state index contributed by atoms with van der Waals surface area (Å²) in [6, 6.07) is 18.6. The van der Waals surface area contributed by atoms with E-state index in [2.05, 4.69) is 20.6 Å². The highest BCUT2D eigenvalue weighted by atomic mass is 16.6. The predicted molar refractivity (Wildman–Crippen MR) is 111 cm³/mol. The lowest BCUT2D eigenvalue weighted by Gasteiger charge is -2.31. The van der Waals surface area contributed by atoms with E-state index >= 15 is 0 Å². The number of carbonyl (C=O) groups excluding carboxylic acids is 1. The van der Waals surface area contributed by atoms with Crippen LogP contribution in [0.25, 0.3) is 16.9 Å². The Labute approximate surface area is 172 Å². The van der Waals surface area contributed by atoms with Gasteiger partial charge in [-0.15, -0.1) is 10.2 Å². The Bertz CT molecular complexity index is 1250. The standard InChI is InChI=1S/C22H19N5O3/c1-13-21(30-19-9-4-3-8-18(19)29-13)22(28)23-16-7-5-6-15(12-16)17-10-11-20-25-24-14(2)27(20)26-17/h3-13,21H,1-2H3,(H,23,28). The molecule has 0 spiro atoms. The zero-order valence-electron chi connectivity index (χ0n) is 16.4. The smallest absolute Gasteiger partial charge is 0.269 e. The van der Waals surface area contributed by atoms with Gasteiger partial charge in [0.05, 0.1) is 5.69 Å². The molecule has 2 unspecified atom stereocenters. The van der Waals surface area contributed by atoms with Crippen molar-refractivity contribution < 1.29 is 14.3 Å². The average molecular weight is 401 g/mol. The minimum atomic E-state index is -0.752. The van der Waals surface area contributed by atoms with E-state index in [0.29, 0.717) is 28.7 Å². The topological polar surface area (TPSA) is 90.6 Å². The lowest BCUT2D eigenvalue weighted by atomic mass is 10.1. The van der Waals surface area contributed by atoms with E-state index in [0.717, 1.165) is 11.3 Å². The monoisotopic (exact) mass is 401 g/mol. The molecule has 2 aromatic heterocycles. The number of nitrogens with zero attached hydrogens (tertiary/aromatic N) is 4. The van der Waals surface area contributed by atoms with Gasteiger partial charge < -0.3 is 14.8 Å². The van der Waals surface area contributed by atoms with Crippen LogP contribution >= 0.6 is 0 Å². The molecule has 4 aromatic rings. The van der Waals surface area contributed by atoms with Crippen molar-refractivity contribution in [3.8, 4) is 22.8 Å². The van der Waals surface area contributed by atoms with E-state index in [1.165, 1.54) is 0 Å². The number of aromatic nitrogens is 4. The number of ether oxygens (including phenoxy) is 2. The van der Waals surface area contributed by atoms with Crippen LogP contribution in [0.4, 0.5) is 5.69 Å². The molecule has 1 amide bonds. The summed E-state index contributed by atoms with van der Waals surface area (Å²) in [6.45, 7) is 3.66. The van der Waals surface area contributed by atoms with Crippen LogP contribution in [-0.2, 0) is 4.79 Å². The second kappa shape index (κ2) is 7.14. The van der Waals surface area contributed by atoms with Crippen molar-refractivity contribution in [1.82, 2.24) is 19.8 Å². The van der Waals surface area contributed by atoms with Crippen LogP contribution < -0.4 is 14.8 Å². The van der Waals surface area contributed by atoms with Crippen LogP contribution in [0.3, 0.4) is 0 Å². The van der Waals surface area contributed by atoms with Crippen molar-refractivity contribution in [2.24, 2.45) is 0 Å². The molecule has 0 radical (unpaired) electrons. The molecule has 8 nitrogen and oxygen atoms in total. The molecular weight excluding hydrogens is 382 g/mol. The van der Waals surface area contributed by atoms with Gasteiger partial charge in [-0.2, -0.15) is 9.61 Å². The van der Waals surface area contributed by atoms with Crippen molar-refractivity contribution in [2.75, 3.05) is 5.32 Å². The number of hydrogen-bond donors (Lipinski definition) is 1. The number of para-hydroxylation sites is 2. The van der Waals surface area contributed by atoms with Crippen molar-refractivity contribution in [3.05, 3.63) is 66.5 Å². The van der Waals surface area contributed by atoms with Gasteiger partial charge in [0.2, 0.25) is 6.10 Å². The molecule has 5 rings (SSSR count). The summed E-state index contributed by atoms with van der Waals surface area (Å²) < 4.78 is 13.4. The van der Waals surface area contributed by atoms with Gasteiger partial charge in [0, 0.05) is 11.3 Å². The molecule has 0 saturated carbocycles. The first-order valence-electron chi connectivity index (χ1n) is 9.61. The summed E-state index contributed by atoms with van der Waals surface area (Å²) in [5, 5.41) is 15.6. The Morgan fingerprint density at radius 2 is 1.80 bits per heavy atom. The third-order valence-corrected chi connectivity index (χ3v) is 4.95. The molecule has 8 heteroatoms. The zero-order chi connectivity index (χ0) is 20.7. The van der Waals surface area contributed by atoms with E-state index in [1.807, 2.05) is 68.4 Å². The number of benzene rings is 2. The van der Waals surface area contributed by atoms with Gasteiger partial charge in [0.15, 0.2) is 23.0 Å². The molecule has 0 aliphatic carbocycles. The van der Waals surface area contributed by atoms with Gasteiger partial charge in [0.1, 0.15) is 6.10 Å². The minimum absolute atomic E-state index is 0.271. The van der Waals surface area contributed by atoms with Gasteiger partial charge >= 0.3 is 0 Å². The van der Waals surface area contributed by atoms with E-state index in [1.54, 1.807) is 10.6 Å². The molecule has 150 valence electrons. The molecule has 2 aromatic carbocycles. The number of anilines is 1. The molecule has 30 heavy (non-hydrogen) atoms. The van der Waals surface area contributed by atoms with E-state index in [4.69, 9.17) is 9.47 Å². The second-order valence-corrected chi connectivity index (χ2v) is 7.11. The molecule has 1 aliphatic heterocycles. The van der Waals surface area contributed by atoms with Gasteiger partial charge in [0.25, 0.3) is 5.91 Å². The molecular formula is C22H19N5O3. The van der Waals surface area contributed by atoms with Crippen molar-refractivity contribution in [3.63, 3.8) is 0 Å². The third-order valence-electron chi connectivity index (χ3n) is 4.95. The number of nitrogens with one attached hydrogen (secondary N) is 1. The molecule has 2 atom stereocenters. The summed E-state index contributed by atoms with van der Waals surface area (Å²) >= 11 is 0. The number of fused-ring (bicyclic) bond motifs is 2. The van der Waals surface area contributed by atoms with Crippen LogP contribution in [0.15, 0.2) is 60.7 Å².